The van der Waals surface area contributed by atoms with E-state index in [4.69, 9.17) is 4.74 Å². The van der Waals surface area contributed by atoms with Gasteiger partial charge in [-0.25, -0.2) is 9.18 Å². The Morgan fingerprint density at radius 1 is 1.35 bits per heavy atom. The molecule has 1 heterocycles. The molecule has 1 aromatic rings. The third-order valence-electron chi connectivity index (χ3n) is 4.47. The molecule has 142 valence electrons. The number of nitrogens with one attached hydrogen (secondary N) is 1. The van der Waals surface area contributed by atoms with Crippen molar-refractivity contribution in [3.8, 4) is 0 Å². The van der Waals surface area contributed by atoms with E-state index in [-0.39, 0.29) is 19.1 Å². The second-order valence-electron chi connectivity index (χ2n) is 6.66. The Kier molecular flexibility index (Phi) is 6.31. The van der Waals surface area contributed by atoms with Crippen molar-refractivity contribution in [2.75, 3.05) is 26.8 Å². The van der Waals surface area contributed by atoms with Crippen LogP contribution in [0.5, 0.6) is 0 Å². The van der Waals surface area contributed by atoms with E-state index in [9.17, 15) is 23.9 Å². The lowest BCUT2D eigenvalue weighted by atomic mass is 9.94. The summed E-state index contributed by atoms with van der Waals surface area (Å²) in [5, 5.41) is 11.9. The second-order valence-corrected chi connectivity index (χ2v) is 6.66. The summed E-state index contributed by atoms with van der Waals surface area (Å²) in [6.45, 7) is 1.89. The first-order chi connectivity index (χ1) is 12.3. The molecule has 2 amide bonds. The first-order valence-corrected chi connectivity index (χ1v) is 8.36. The summed E-state index contributed by atoms with van der Waals surface area (Å²) < 4.78 is 17.9. The fourth-order valence-corrected chi connectivity index (χ4v) is 2.96. The number of hydrogen-bond acceptors (Lipinski definition) is 4. The second kappa shape index (κ2) is 8.27. The summed E-state index contributed by atoms with van der Waals surface area (Å²) in [4.78, 5) is 38.0. The van der Waals surface area contributed by atoms with E-state index in [1.807, 2.05) is 0 Å². The predicted octanol–water partition coefficient (Wildman–Crippen LogP) is 1.28. The van der Waals surface area contributed by atoms with E-state index in [1.54, 1.807) is 0 Å². The Hall–Kier alpha value is -2.48. The van der Waals surface area contributed by atoms with Gasteiger partial charge >= 0.3 is 5.97 Å². The molecule has 1 saturated heterocycles. The predicted molar refractivity (Wildman–Crippen MR) is 91.1 cm³/mol. The molecule has 2 atom stereocenters. The lowest BCUT2D eigenvalue weighted by Gasteiger charge is -2.34. The molecule has 0 radical (unpaired) electrons. The van der Waals surface area contributed by atoms with Crippen LogP contribution in [-0.2, 0) is 14.3 Å². The average molecular weight is 366 g/mol. The molecule has 1 aromatic carbocycles. The monoisotopic (exact) mass is 366 g/mol. The Morgan fingerprint density at radius 3 is 2.58 bits per heavy atom. The molecule has 1 fully saturated rings. The van der Waals surface area contributed by atoms with Crippen molar-refractivity contribution < 1.29 is 28.6 Å². The number of carboxylic acids is 1. The van der Waals surface area contributed by atoms with Gasteiger partial charge in [0.15, 0.2) is 5.54 Å². The van der Waals surface area contributed by atoms with Crippen LogP contribution in [0.3, 0.4) is 0 Å². The van der Waals surface area contributed by atoms with Crippen molar-refractivity contribution in [3.63, 3.8) is 0 Å². The molecule has 0 aromatic heterocycles. The lowest BCUT2D eigenvalue weighted by Crippen LogP contribution is -2.58. The summed E-state index contributed by atoms with van der Waals surface area (Å²) in [7, 11) is 1.36. The maximum absolute atomic E-state index is 13.0. The average Bonchev–Trinajstić information content (AvgIpc) is 2.62. The highest BCUT2D eigenvalue weighted by atomic mass is 19.1. The normalized spacial score (nSPS) is 19.5. The maximum Gasteiger partial charge on any atom is 0.331 e. The van der Waals surface area contributed by atoms with Crippen LogP contribution in [0.15, 0.2) is 24.3 Å². The fraction of sp³-hybridized carbons (Fsp3) is 0.500. The number of carbonyl (C=O) groups is 3. The zero-order valence-corrected chi connectivity index (χ0v) is 14.8. The number of methoxy groups -OCH3 is 1. The molecular formula is C18H23FN2O5. The van der Waals surface area contributed by atoms with Crippen LogP contribution in [0.2, 0.25) is 0 Å². The zero-order valence-electron chi connectivity index (χ0n) is 14.8. The molecule has 1 aliphatic rings. The first kappa shape index (κ1) is 19.8. The van der Waals surface area contributed by atoms with Crippen molar-refractivity contribution in [2.45, 2.75) is 25.3 Å². The third-order valence-corrected chi connectivity index (χ3v) is 4.47. The summed E-state index contributed by atoms with van der Waals surface area (Å²) >= 11 is 0. The van der Waals surface area contributed by atoms with Gasteiger partial charge < -0.3 is 20.1 Å². The first-order valence-electron chi connectivity index (χ1n) is 8.36. The minimum absolute atomic E-state index is 0.168. The van der Waals surface area contributed by atoms with Crippen LogP contribution in [0.4, 0.5) is 4.39 Å². The van der Waals surface area contributed by atoms with Gasteiger partial charge in [-0.2, -0.15) is 0 Å². The van der Waals surface area contributed by atoms with Crippen molar-refractivity contribution in [2.24, 2.45) is 5.92 Å². The standard InChI is InChI=1S/C18H23FN2O5/c1-18(11-26-2,17(24)25)20-15(22)13-4-3-9-21(10-13)16(23)12-5-7-14(19)8-6-12/h5-8,13H,3-4,9-11H2,1-2H3,(H,20,22)(H,24,25). The van der Waals surface area contributed by atoms with Crippen molar-refractivity contribution in [1.29, 1.82) is 0 Å². The van der Waals surface area contributed by atoms with Crippen LogP contribution in [-0.4, -0.2) is 60.1 Å². The van der Waals surface area contributed by atoms with Crippen LogP contribution in [0.25, 0.3) is 0 Å². The van der Waals surface area contributed by atoms with Gasteiger partial charge in [-0.15, -0.1) is 0 Å². The molecule has 8 heteroatoms. The number of likely N-dealkylation sites (tertiary alicyclic amines) is 1. The molecule has 7 nitrogen and oxygen atoms in total. The molecule has 26 heavy (non-hydrogen) atoms. The van der Waals surface area contributed by atoms with Crippen molar-refractivity contribution >= 4 is 17.8 Å². The molecule has 0 saturated carbocycles. The van der Waals surface area contributed by atoms with Gasteiger partial charge in [0.2, 0.25) is 5.91 Å². The summed E-state index contributed by atoms with van der Waals surface area (Å²) in [6, 6.07) is 5.23. The molecule has 2 unspecified atom stereocenters. The lowest BCUT2D eigenvalue weighted by molar-refractivity contribution is -0.150. The largest absolute Gasteiger partial charge is 0.479 e. The molecule has 2 rings (SSSR count). The minimum Gasteiger partial charge on any atom is -0.479 e. The van der Waals surface area contributed by atoms with Gasteiger partial charge in [0.1, 0.15) is 5.82 Å². The highest BCUT2D eigenvalue weighted by Gasteiger charge is 2.38. The highest BCUT2D eigenvalue weighted by molar-refractivity contribution is 5.95. The van der Waals surface area contributed by atoms with Crippen LogP contribution in [0, 0.1) is 11.7 Å². The van der Waals surface area contributed by atoms with Gasteiger partial charge in [-0.3, -0.25) is 9.59 Å². The van der Waals surface area contributed by atoms with Gasteiger partial charge in [0.25, 0.3) is 5.91 Å². The highest BCUT2D eigenvalue weighted by Crippen LogP contribution is 2.20. The number of carboxylic acid groups (broad SMARTS) is 1. The summed E-state index contributed by atoms with van der Waals surface area (Å²) in [6.07, 6.45) is 1.18. The molecule has 0 aliphatic carbocycles. The number of benzene rings is 1. The molecule has 0 spiro atoms. The molecule has 0 bridgehead atoms. The smallest absolute Gasteiger partial charge is 0.331 e. The Balaban J connectivity index is 2.05. The number of ether oxygens (including phenoxy) is 1. The van der Waals surface area contributed by atoms with Gasteiger partial charge in [0, 0.05) is 25.8 Å². The number of rotatable bonds is 6. The van der Waals surface area contributed by atoms with E-state index < -0.39 is 29.2 Å². The van der Waals surface area contributed by atoms with Gasteiger partial charge in [0.05, 0.1) is 12.5 Å². The molecule has 2 N–H and O–H groups in total. The minimum atomic E-state index is -1.53. The number of piperidine rings is 1. The van der Waals surface area contributed by atoms with E-state index in [0.29, 0.717) is 24.9 Å². The number of halogens is 1. The topological polar surface area (TPSA) is 95.9 Å². The molecular weight excluding hydrogens is 343 g/mol. The van der Waals surface area contributed by atoms with E-state index >= 15 is 0 Å². The quantitative estimate of drug-likeness (QED) is 0.791. The van der Waals surface area contributed by atoms with E-state index in [0.717, 1.165) is 0 Å². The van der Waals surface area contributed by atoms with Crippen molar-refractivity contribution in [1.82, 2.24) is 10.2 Å². The van der Waals surface area contributed by atoms with Crippen LogP contribution < -0.4 is 5.32 Å². The Labute approximate surface area is 151 Å². The number of aliphatic carboxylic acids is 1. The van der Waals surface area contributed by atoms with Crippen molar-refractivity contribution in [3.05, 3.63) is 35.6 Å². The third kappa shape index (κ3) is 4.57. The Bertz CT molecular complexity index is 679. The number of carbonyl (C=O) groups excluding carboxylic acids is 2. The summed E-state index contributed by atoms with van der Waals surface area (Å²) in [5.74, 6) is -2.83. The maximum atomic E-state index is 13.0. The van der Waals surface area contributed by atoms with Gasteiger partial charge in [-0.05, 0) is 44.0 Å². The van der Waals surface area contributed by atoms with E-state index in [1.165, 1.54) is 43.2 Å². The number of hydrogen-bond donors (Lipinski definition) is 2. The van der Waals surface area contributed by atoms with Gasteiger partial charge in [-0.1, -0.05) is 0 Å². The number of amides is 2. The Morgan fingerprint density at radius 2 is 2.00 bits per heavy atom. The zero-order chi connectivity index (χ0) is 19.3. The SMILES string of the molecule is COCC(C)(NC(=O)C1CCCN(C(=O)c2ccc(F)cc2)C1)C(=O)O. The fourth-order valence-electron chi connectivity index (χ4n) is 2.96. The number of nitrogens with zero attached hydrogens (tertiary/aromatic N) is 1. The van der Waals surface area contributed by atoms with Crippen LogP contribution in [0.1, 0.15) is 30.1 Å². The molecule has 1 aliphatic heterocycles. The summed E-state index contributed by atoms with van der Waals surface area (Å²) in [5.41, 5.74) is -1.18. The van der Waals surface area contributed by atoms with E-state index in [2.05, 4.69) is 5.32 Å². The van der Waals surface area contributed by atoms with Crippen LogP contribution >= 0.6 is 0 Å².